The summed E-state index contributed by atoms with van der Waals surface area (Å²) in [5.74, 6) is 1.46. The summed E-state index contributed by atoms with van der Waals surface area (Å²) in [6.07, 6.45) is 6.33. The van der Waals surface area contributed by atoms with Gasteiger partial charge in [0.2, 0.25) is 5.88 Å². The topological polar surface area (TPSA) is 42.4 Å². The average molecular weight is 291 g/mol. The number of nitrogens with zero attached hydrogens (tertiary/aromatic N) is 1. The summed E-state index contributed by atoms with van der Waals surface area (Å²) in [4.78, 5) is 4.66. The predicted octanol–water partition coefficient (Wildman–Crippen LogP) is 4.22. The predicted molar refractivity (Wildman–Crippen MR) is 85.5 cm³/mol. The highest BCUT2D eigenvalue weighted by Crippen LogP contribution is 2.30. The van der Waals surface area contributed by atoms with Gasteiger partial charge in [0.1, 0.15) is 6.10 Å². The second-order valence-electron chi connectivity index (χ2n) is 7.29. The zero-order valence-electron chi connectivity index (χ0n) is 13.9. The van der Waals surface area contributed by atoms with Gasteiger partial charge in [-0.15, -0.1) is 0 Å². The van der Waals surface area contributed by atoms with Crippen LogP contribution in [0.15, 0.2) is 12.1 Å². The number of hydrogen-bond donors (Lipinski definition) is 1. The Kier molecular flexibility index (Phi) is 5.26. The first-order valence-electron chi connectivity index (χ1n) is 8.21. The summed E-state index contributed by atoms with van der Waals surface area (Å²) in [5.41, 5.74) is 1.82. The van der Waals surface area contributed by atoms with Crippen LogP contribution in [0, 0.1) is 5.92 Å². The maximum atomic E-state index is 9.45. The van der Waals surface area contributed by atoms with Crippen LogP contribution < -0.4 is 4.74 Å². The monoisotopic (exact) mass is 291 g/mol. The van der Waals surface area contributed by atoms with E-state index < -0.39 is 0 Å². The highest BCUT2D eigenvalue weighted by Gasteiger charge is 2.23. The molecule has 0 radical (unpaired) electrons. The Morgan fingerprint density at radius 1 is 1.29 bits per heavy atom. The number of ether oxygens (including phenoxy) is 1. The largest absolute Gasteiger partial charge is 0.474 e. The minimum absolute atomic E-state index is 0.0320. The highest BCUT2D eigenvalue weighted by molar-refractivity contribution is 5.28. The summed E-state index contributed by atoms with van der Waals surface area (Å²) in [5, 5.41) is 9.45. The second-order valence-corrected chi connectivity index (χ2v) is 7.29. The molecule has 1 aromatic heterocycles. The smallest absolute Gasteiger partial charge is 0.214 e. The van der Waals surface area contributed by atoms with Gasteiger partial charge in [0.15, 0.2) is 0 Å². The molecule has 3 nitrogen and oxygen atoms in total. The van der Waals surface area contributed by atoms with E-state index in [0.717, 1.165) is 30.0 Å². The van der Waals surface area contributed by atoms with Crippen molar-refractivity contribution in [1.82, 2.24) is 4.98 Å². The summed E-state index contributed by atoms with van der Waals surface area (Å²) < 4.78 is 6.14. The molecule has 21 heavy (non-hydrogen) atoms. The molecule has 2 rings (SSSR count). The van der Waals surface area contributed by atoms with E-state index in [4.69, 9.17) is 4.74 Å². The first-order valence-corrected chi connectivity index (χ1v) is 8.21. The Hall–Kier alpha value is -1.09. The number of hydrogen-bond acceptors (Lipinski definition) is 3. The lowest BCUT2D eigenvalue weighted by Gasteiger charge is -2.29. The van der Waals surface area contributed by atoms with Crippen molar-refractivity contribution in [3.05, 3.63) is 23.4 Å². The van der Waals surface area contributed by atoms with Crippen molar-refractivity contribution in [2.75, 3.05) is 0 Å². The zero-order valence-corrected chi connectivity index (χ0v) is 13.9. The van der Waals surface area contributed by atoms with Gasteiger partial charge in [-0.25, -0.2) is 4.98 Å². The molecule has 1 N–H and O–H groups in total. The standard InChI is InChI=1S/C18H29NO2/c1-5-13-7-6-8-15(9-13)21-17-11-14(12-20)10-16(19-17)18(2,3)4/h10-11,13,15,20H,5-9,12H2,1-4H3. The molecule has 3 heteroatoms. The van der Waals surface area contributed by atoms with Gasteiger partial charge >= 0.3 is 0 Å². The van der Waals surface area contributed by atoms with Crippen LogP contribution in [0.4, 0.5) is 0 Å². The molecule has 0 bridgehead atoms. The third-order valence-corrected chi connectivity index (χ3v) is 4.41. The molecule has 2 atom stereocenters. The molecule has 1 aromatic rings. The normalized spacial score (nSPS) is 23.1. The summed E-state index contributed by atoms with van der Waals surface area (Å²) >= 11 is 0. The van der Waals surface area contributed by atoms with Crippen LogP contribution in [-0.4, -0.2) is 16.2 Å². The fraction of sp³-hybridized carbons (Fsp3) is 0.722. The molecule has 1 heterocycles. The van der Waals surface area contributed by atoms with Crippen LogP contribution in [0.3, 0.4) is 0 Å². The van der Waals surface area contributed by atoms with Gasteiger partial charge in [-0.1, -0.05) is 40.5 Å². The molecule has 1 aliphatic carbocycles. The SMILES string of the molecule is CCC1CCCC(Oc2cc(CO)cc(C(C)(C)C)n2)C1. The second kappa shape index (κ2) is 6.78. The number of pyridine rings is 1. The third kappa shape index (κ3) is 4.44. The van der Waals surface area contributed by atoms with E-state index in [1.54, 1.807) is 0 Å². The van der Waals surface area contributed by atoms with Gasteiger partial charge in [0.05, 0.1) is 12.3 Å². The van der Waals surface area contributed by atoms with Crippen molar-refractivity contribution in [1.29, 1.82) is 0 Å². The first-order chi connectivity index (χ1) is 9.92. The Labute approximate surface area is 128 Å². The van der Waals surface area contributed by atoms with Crippen LogP contribution >= 0.6 is 0 Å². The summed E-state index contributed by atoms with van der Waals surface area (Å²) in [6.45, 7) is 8.69. The Bertz CT molecular complexity index is 465. The first kappa shape index (κ1) is 16.3. The van der Waals surface area contributed by atoms with E-state index in [-0.39, 0.29) is 18.1 Å². The maximum absolute atomic E-state index is 9.45. The molecule has 1 aliphatic rings. The van der Waals surface area contributed by atoms with Gasteiger partial charge in [-0.05, 0) is 36.8 Å². The van der Waals surface area contributed by atoms with Gasteiger partial charge in [0, 0.05) is 11.5 Å². The van der Waals surface area contributed by atoms with Crippen molar-refractivity contribution in [3.63, 3.8) is 0 Å². The maximum Gasteiger partial charge on any atom is 0.214 e. The van der Waals surface area contributed by atoms with E-state index in [1.807, 2.05) is 12.1 Å². The fourth-order valence-corrected chi connectivity index (χ4v) is 2.99. The van der Waals surface area contributed by atoms with Crippen LogP contribution in [0.25, 0.3) is 0 Å². The highest BCUT2D eigenvalue weighted by atomic mass is 16.5. The minimum atomic E-state index is -0.0399. The van der Waals surface area contributed by atoms with Crippen LogP contribution in [0.1, 0.15) is 71.1 Å². The Balaban J connectivity index is 2.15. The summed E-state index contributed by atoms with van der Waals surface area (Å²) in [6, 6.07) is 3.85. The molecule has 0 aromatic carbocycles. The third-order valence-electron chi connectivity index (χ3n) is 4.41. The van der Waals surface area contributed by atoms with Crippen molar-refractivity contribution in [2.45, 2.75) is 77.9 Å². The van der Waals surface area contributed by atoms with Gasteiger partial charge in [-0.3, -0.25) is 0 Å². The van der Waals surface area contributed by atoms with Gasteiger partial charge in [-0.2, -0.15) is 0 Å². The molecule has 2 unspecified atom stereocenters. The van der Waals surface area contributed by atoms with E-state index in [0.29, 0.717) is 5.88 Å². The van der Waals surface area contributed by atoms with E-state index in [1.165, 1.54) is 19.3 Å². The number of aromatic nitrogens is 1. The number of rotatable bonds is 4. The number of aliphatic hydroxyl groups excluding tert-OH is 1. The Morgan fingerprint density at radius 3 is 2.67 bits per heavy atom. The van der Waals surface area contributed by atoms with Gasteiger partial charge in [0.25, 0.3) is 0 Å². The zero-order chi connectivity index (χ0) is 15.5. The molecule has 1 saturated carbocycles. The molecule has 0 amide bonds. The minimum Gasteiger partial charge on any atom is -0.474 e. The molecule has 0 aliphatic heterocycles. The molecule has 0 saturated heterocycles. The lowest BCUT2D eigenvalue weighted by molar-refractivity contribution is 0.116. The van der Waals surface area contributed by atoms with Crippen molar-refractivity contribution in [2.24, 2.45) is 5.92 Å². The lowest BCUT2D eigenvalue weighted by Crippen LogP contribution is -2.26. The molecule has 0 spiro atoms. The van der Waals surface area contributed by atoms with Crippen molar-refractivity contribution in [3.8, 4) is 5.88 Å². The van der Waals surface area contributed by atoms with Gasteiger partial charge < -0.3 is 9.84 Å². The lowest BCUT2D eigenvalue weighted by atomic mass is 9.85. The van der Waals surface area contributed by atoms with E-state index in [2.05, 4.69) is 32.7 Å². The van der Waals surface area contributed by atoms with Crippen molar-refractivity contribution >= 4 is 0 Å². The van der Waals surface area contributed by atoms with E-state index >= 15 is 0 Å². The fourth-order valence-electron chi connectivity index (χ4n) is 2.99. The molecular weight excluding hydrogens is 262 g/mol. The molecule has 1 fully saturated rings. The Morgan fingerprint density at radius 2 is 2.05 bits per heavy atom. The molecule has 118 valence electrons. The average Bonchev–Trinajstić information content (AvgIpc) is 2.46. The van der Waals surface area contributed by atoms with E-state index in [9.17, 15) is 5.11 Å². The summed E-state index contributed by atoms with van der Waals surface area (Å²) in [7, 11) is 0. The number of aliphatic hydroxyl groups is 1. The van der Waals surface area contributed by atoms with Crippen LogP contribution in [-0.2, 0) is 12.0 Å². The molecular formula is C18H29NO2. The van der Waals surface area contributed by atoms with Crippen LogP contribution in [0.5, 0.6) is 5.88 Å². The van der Waals surface area contributed by atoms with Crippen molar-refractivity contribution < 1.29 is 9.84 Å². The van der Waals surface area contributed by atoms with Crippen LogP contribution in [0.2, 0.25) is 0 Å². The quantitative estimate of drug-likeness (QED) is 0.903.